The van der Waals surface area contributed by atoms with Crippen molar-refractivity contribution in [3.8, 4) is 0 Å². The lowest BCUT2D eigenvalue weighted by Gasteiger charge is -2.47. The number of nitrogens with zero attached hydrogens (tertiary/aromatic N) is 2. The zero-order chi connectivity index (χ0) is 21.9. The third-order valence-electron chi connectivity index (χ3n) is 6.23. The minimum atomic E-state index is -3.61. The summed E-state index contributed by atoms with van der Waals surface area (Å²) in [6.45, 7) is 3.29. The molecule has 1 unspecified atom stereocenters. The highest BCUT2D eigenvalue weighted by molar-refractivity contribution is 7.88. The van der Waals surface area contributed by atoms with Crippen LogP contribution in [0, 0.1) is 6.92 Å². The van der Waals surface area contributed by atoms with Crippen molar-refractivity contribution in [2.45, 2.75) is 70.4 Å². The molecule has 1 aliphatic carbocycles. The van der Waals surface area contributed by atoms with Crippen LogP contribution in [-0.4, -0.2) is 55.5 Å². The van der Waals surface area contributed by atoms with E-state index in [4.69, 9.17) is 0 Å². The second kappa shape index (κ2) is 9.06. The number of aryl methyl sites for hydroxylation is 1. The molecule has 1 aliphatic heterocycles. The molecule has 1 heterocycles. The van der Waals surface area contributed by atoms with E-state index in [9.17, 15) is 18.0 Å². The Morgan fingerprint density at radius 1 is 1.07 bits per heavy atom. The van der Waals surface area contributed by atoms with Crippen molar-refractivity contribution in [1.29, 1.82) is 0 Å². The summed E-state index contributed by atoms with van der Waals surface area (Å²) in [5.41, 5.74) is 0.325. The second-order valence-electron chi connectivity index (χ2n) is 8.89. The first-order valence-corrected chi connectivity index (χ1v) is 12.6. The van der Waals surface area contributed by atoms with Crippen molar-refractivity contribution < 1.29 is 18.0 Å². The summed E-state index contributed by atoms with van der Waals surface area (Å²) in [5.74, 6) is -0.693. The minimum absolute atomic E-state index is 0.0539. The predicted molar refractivity (Wildman–Crippen MR) is 118 cm³/mol. The van der Waals surface area contributed by atoms with Gasteiger partial charge in [-0.15, -0.1) is 0 Å². The predicted octanol–water partition coefficient (Wildman–Crippen LogP) is 2.59. The number of carbonyl (C=O) groups is 2. The fraction of sp³-hybridized carbons (Fsp3) is 0.636. The zero-order valence-electron chi connectivity index (χ0n) is 18.2. The summed E-state index contributed by atoms with van der Waals surface area (Å²) in [6.07, 6.45) is 8.60. The monoisotopic (exact) mass is 435 g/mol. The van der Waals surface area contributed by atoms with E-state index in [1.165, 1.54) is 24.2 Å². The van der Waals surface area contributed by atoms with Crippen molar-refractivity contribution in [2.24, 2.45) is 0 Å². The smallest absolute Gasteiger partial charge is 0.247 e. The van der Waals surface area contributed by atoms with Gasteiger partial charge in [-0.2, -0.15) is 4.31 Å². The van der Waals surface area contributed by atoms with E-state index in [0.717, 1.165) is 41.8 Å². The van der Waals surface area contributed by atoms with Crippen LogP contribution in [0.25, 0.3) is 0 Å². The molecule has 7 nitrogen and oxygen atoms in total. The lowest BCUT2D eigenvalue weighted by Crippen LogP contribution is -2.70. The summed E-state index contributed by atoms with van der Waals surface area (Å²) >= 11 is 0. The summed E-state index contributed by atoms with van der Waals surface area (Å²) in [7, 11) is -3.61. The van der Waals surface area contributed by atoms with Gasteiger partial charge in [-0.1, -0.05) is 49.8 Å². The fourth-order valence-electron chi connectivity index (χ4n) is 4.44. The van der Waals surface area contributed by atoms with Crippen molar-refractivity contribution in [3.63, 3.8) is 0 Å². The average Bonchev–Trinajstić information content (AvgIpc) is 2.64. The maximum Gasteiger partial charge on any atom is 0.247 e. The molecular formula is C22H33N3O4S. The highest BCUT2D eigenvalue weighted by atomic mass is 32.2. The first kappa shape index (κ1) is 22.7. The number of amides is 2. The van der Waals surface area contributed by atoms with E-state index in [2.05, 4.69) is 5.32 Å². The first-order chi connectivity index (χ1) is 14.1. The van der Waals surface area contributed by atoms with Gasteiger partial charge in [0.2, 0.25) is 21.8 Å². The van der Waals surface area contributed by atoms with Crippen LogP contribution in [0.2, 0.25) is 0 Å². The number of sulfonamides is 1. The molecule has 1 saturated carbocycles. The van der Waals surface area contributed by atoms with E-state index >= 15 is 0 Å². The fourth-order valence-corrected chi connectivity index (χ4v) is 5.27. The lowest BCUT2D eigenvalue weighted by molar-refractivity contribution is -0.133. The molecule has 1 N–H and O–H groups in total. The number of anilines is 1. The average molecular weight is 436 g/mol. The SMILES string of the molecule is Cc1ccc(N2C(=O)CN(S(C)(=O)=O)CC2(C)C(=O)NC2CCCCCCC2)cc1. The van der Waals surface area contributed by atoms with Crippen LogP contribution in [0.15, 0.2) is 24.3 Å². The maximum absolute atomic E-state index is 13.5. The van der Waals surface area contributed by atoms with Crippen LogP contribution in [0.4, 0.5) is 5.69 Å². The molecule has 1 aromatic rings. The van der Waals surface area contributed by atoms with Gasteiger partial charge in [-0.05, 0) is 38.8 Å². The van der Waals surface area contributed by atoms with E-state index in [1.54, 1.807) is 6.92 Å². The highest BCUT2D eigenvalue weighted by Gasteiger charge is 2.50. The number of benzene rings is 1. The Hall–Kier alpha value is -1.93. The Labute approximate surface area is 179 Å². The molecule has 0 aromatic heterocycles. The van der Waals surface area contributed by atoms with Crippen LogP contribution in [0.3, 0.4) is 0 Å². The molecule has 2 fully saturated rings. The summed E-state index contributed by atoms with van der Waals surface area (Å²) in [4.78, 5) is 28.1. The third-order valence-corrected chi connectivity index (χ3v) is 7.43. The molecule has 0 radical (unpaired) electrons. The Bertz CT molecular complexity index is 876. The van der Waals surface area contributed by atoms with Gasteiger partial charge in [0.05, 0.1) is 12.8 Å². The Morgan fingerprint density at radius 3 is 2.20 bits per heavy atom. The molecule has 1 atom stereocenters. The molecule has 30 heavy (non-hydrogen) atoms. The highest BCUT2D eigenvalue weighted by Crippen LogP contribution is 2.31. The van der Waals surface area contributed by atoms with E-state index in [1.807, 2.05) is 31.2 Å². The molecule has 1 aromatic carbocycles. The van der Waals surface area contributed by atoms with Crippen LogP contribution >= 0.6 is 0 Å². The molecule has 1 saturated heterocycles. The first-order valence-electron chi connectivity index (χ1n) is 10.8. The largest absolute Gasteiger partial charge is 0.351 e. The second-order valence-corrected chi connectivity index (χ2v) is 10.9. The zero-order valence-corrected chi connectivity index (χ0v) is 19.0. The Balaban J connectivity index is 1.92. The van der Waals surface area contributed by atoms with Gasteiger partial charge < -0.3 is 5.32 Å². The molecule has 2 amide bonds. The van der Waals surface area contributed by atoms with E-state index in [-0.39, 0.29) is 25.0 Å². The number of hydrogen-bond donors (Lipinski definition) is 1. The van der Waals surface area contributed by atoms with Gasteiger partial charge in [-0.3, -0.25) is 14.5 Å². The summed E-state index contributed by atoms with van der Waals surface area (Å²) in [5, 5.41) is 3.15. The number of nitrogens with one attached hydrogen (secondary N) is 1. The van der Waals surface area contributed by atoms with Crippen LogP contribution in [-0.2, 0) is 19.6 Å². The van der Waals surface area contributed by atoms with Gasteiger partial charge in [0, 0.05) is 18.3 Å². The van der Waals surface area contributed by atoms with E-state index < -0.39 is 21.5 Å². The van der Waals surface area contributed by atoms with Gasteiger partial charge in [0.1, 0.15) is 5.54 Å². The summed E-state index contributed by atoms with van der Waals surface area (Å²) < 4.78 is 25.6. The normalized spacial score (nSPS) is 24.9. The van der Waals surface area contributed by atoms with E-state index in [0.29, 0.717) is 5.69 Å². The minimum Gasteiger partial charge on any atom is -0.351 e. The van der Waals surface area contributed by atoms with Gasteiger partial charge in [0.15, 0.2) is 0 Å². The van der Waals surface area contributed by atoms with Crippen LogP contribution in [0.1, 0.15) is 57.4 Å². The van der Waals surface area contributed by atoms with Crippen LogP contribution < -0.4 is 10.2 Å². The lowest BCUT2D eigenvalue weighted by atomic mass is 9.92. The topological polar surface area (TPSA) is 86.8 Å². The van der Waals surface area contributed by atoms with Crippen LogP contribution in [0.5, 0.6) is 0 Å². The summed E-state index contributed by atoms with van der Waals surface area (Å²) in [6, 6.07) is 7.45. The Morgan fingerprint density at radius 2 is 1.63 bits per heavy atom. The van der Waals surface area contributed by atoms with Crippen molar-refractivity contribution in [2.75, 3.05) is 24.2 Å². The molecule has 3 rings (SSSR count). The third kappa shape index (κ3) is 5.03. The molecule has 0 bridgehead atoms. The molecule has 8 heteroatoms. The number of hydrogen-bond acceptors (Lipinski definition) is 4. The molecular weight excluding hydrogens is 402 g/mol. The number of rotatable bonds is 4. The Kier molecular flexibility index (Phi) is 6.87. The van der Waals surface area contributed by atoms with Gasteiger partial charge in [0.25, 0.3) is 0 Å². The molecule has 2 aliphatic rings. The van der Waals surface area contributed by atoms with Gasteiger partial charge in [-0.25, -0.2) is 8.42 Å². The maximum atomic E-state index is 13.5. The van der Waals surface area contributed by atoms with Gasteiger partial charge >= 0.3 is 0 Å². The number of carbonyl (C=O) groups excluding carboxylic acids is 2. The quantitative estimate of drug-likeness (QED) is 0.788. The van der Waals surface area contributed by atoms with Crippen molar-refractivity contribution >= 4 is 27.5 Å². The van der Waals surface area contributed by atoms with Crippen molar-refractivity contribution in [1.82, 2.24) is 9.62 Å². The molecule has 0 spiro atoms. The number of piperazine rings is 1. The van der Waals surface area contributed by atoms with Crippen molar-refractivity contribution in [3.05, 3.63) is 29.8 Å². The molecule has 166 valence electrons. The standard InChI is InChI=1S/C22H33N3O4S/c1-17-11-13-19(14-12-17)25-20(26)15-24(30(3,28)29)16-22(25,2)21(27)23-18-9-7-5-4-6-8-10-18/h11-14,18H,4-10,15-16H2,1-3H3,(H,23,27).